The number of esters is 1. The van der Waals surface area contributed by atoms with E-state index < -0.39 is 5.79 Å². The van der Waals surface area contributed by atoms with Gasteiger partial charge in [0.1, 0.15) is 0 Å². The number of rotatable bonds is 7. The highest BCUT2D eigenvalue weighted by molar-refractivity contribution is 9.09. The van der Waals surface area contributed by atoms with Gasteiger partial charge in [-0.1, -0.05) is 22.4 Å². The molecule has 0 aromatic rings. The van der Waals surface area contributed by atoms with Crippen LogP contribution in [0.4, 0.5) is 0 Å². The Kier molecular flexibility index (Phi) is 7.19. The highest BCUT2D eigenvalue weighted by Gasteiger charge is 2.28. The molecule has 1 aliphatic heterocycles. The molecule has 1 saturated heterocycles. The zero-order valence-corrected chi connectivity index (χ0v) is 12.8. The van der Waals surface area contributed by atoms with Gasteiger partial charge in [0.25, 0.3) is 0 Å². The Balaban J connectivity index is 2.05. The van der Waals surface area contributed by atoms with Gasteiger partial charge in [-0.15, -0.1) is 0 Å². The molecule has 106 valence electrons. The SMILES string of the molecule is CC1(C)OCC(COC(=O)CCCCCBr)CO1. The molecule has 1 fully saturated rings. The standard InChI is InChI=1S/C13H23BrO4/c1-13(2)17-9-11(10-18-13)8-16-12(15)6-4-3-5-7-14/h11H,3-10H2,1-2H3. The predicted octanol–water partition coefficient (Wildman–Crippen LogP) is 2.88. The van der Waals surface area contributed by atoms with E-state index in [2.05, 4.69) is 15.9 Å². The minimum Gasteiger partial charge on any atom is -0.465 e. The molecule has 0 aromatic heterocycles. The normalized spacial score (nSPS) is 19.7. The van der Waals surface area contributed by atoms with Gasteiger partial charge in [0.2, 0.25) is 0 Å². The first-order valence-electron chi connectivity index (χ1n) is 6.53. The summed E-state index contributed by atoms with van der Waals surface area (Å²) in [5, 5.41) is 0.995. The summed E-state index contributed by atoms with van der Waals surface area (Å²) in [6.45, 7) is 5.35. The van der Waals surface area contributed by atoms with Gasteiger partial charge in [-0.2, -0.15) is 0 Å². The van der Waals surface area contributed by atoms with Crippen molar-refractivity contribution in [2.24, 2.45) is 5.92 Å². The Morgan fingerprint density at radius 1 is 1.28 bits per heavy atom. The quantitative estimate of drug-likeness (QED) is 0.410. The third-order valence-electron chi connectivity index (χ3n) is 2.83. The van der Waals surface area contributed by atoms with Gasteiger partial charge < -0.3 is 14.2 Å². The fourth-order valence-corrected chi connectivity index (χ4v) is 2.04. The van der Waals surface area contributed by atoms with E-state index in [0.29, 0.717) is 26.2 Å². The van der Waals surface area contributed by atoms with Crippen molar-refractivity contribution in [1.29, 1.82) is 0 Å². The van der Waals surface area contributed by atoms with Crippen LogP contribution < -0.4 is 0 Å². The second kappa shape index (κ2) is 8.12. The highest BCUT2D eigenvalue weighted by atomic mass is 79.9. The summed E-state index contributed by atoms with van der Waals surface area (Å²) in [7, 11) is 0. The number of halogens is 1. The van der Waals surface area contributed by atoms with E-state index in [9.17, 15) is 4.79 Å². The van der Waals surface area contributed by atoms with Gasteiger partial charge in [-0.25, -0.2) is 0 Å². The van der Waals surface area contributed by atoms with Crippen LogP contribution in [0.25, 0.3) is 0 Å². The van der Waals surface area contributed by atoms with Crippen LogP contribution >= 0.6 is 15.9 Å². The summed E-state index contributed by atoms with van der Waals surface area (Å²) in [5.41, 5.74) is 0. The summed E-state index contributed by atoms with van der Waals surface area (Å²) in [4.78, 5) is 11.5. The van der Waals surface area contributed by atoms with E-state index in [1.165, 1.54) is 0 Å². The van der Waals surface area contributed by atoms with Crippen molar-refractivity contribution < 1.29 is 19.0 Å². The molecule has 1 aliphatic rings. The van der Waals surface area contributed by atoms with Crippen LogP contribution in [-0.2, 0) is 19.0 Å². The van der Waals surface area contributed by atoms with E-state index in [0.717, 1.165) is 24.6 Å². The highest BCUT2D eigenvalue weighted by Crippen LogP contribution is 2.20. The van der Waals surface area contributed by atoms with Crippen molar-refractivity contribution in [2.75, 3.05) is 25.2 Å². The fourth-order valence-electron chi connectivity index (χ4n) is 1.65. The Morgan fingerprint density at radius 2 is 1.94 bits per heavy atom. The summed E-state index contributed by atoms with van der Waals surface area (Å²) >= 11 is 3.36. The smallest absolute Gasteiger partial charge is 0.305 e. The van der Waals surface area contributed by atoms with Gasteiger partial charge in [0, 0.05) is 17.7 Å². The van der Waals surface area contributed by atoms with Gasteiger partial charge in [-0.05, 0) is 26.7 Å². The van der Waals surface area contributed by atoms with Crippen LogP contribution in [0.15, 0.2) is 0 Å². The van der Waals surface area contributed by atoms with Gasteiger partial charge in [-0.3, -0.25) is 4.79 Å². The van der Waals surface area contributed by atoms with Crippen LogP contribution in [0.1, 0.15) is 39.5 Å². The first kappa shape index (κ1) is 15.9. The van der Waals surface area contributed by atoms with Crippen molar-refractivity contribution in [3.63, 3.8) is 0 Å². The van der Waals surface area contributed by atoms with Gasteiger partial charge in [0.05, 0.1) is 19.8 Å². The molecule has 0 amide bonds. The maximum atomic E-state index is 11.5. The molecule has 0 saturated carbocycles. The molecule has 1 heterocycles. The lowest BCUT2D eigenvalue weighted by Crippen LogP contribution is -2.41. The van der Waals surface area contributed by atoms with Crippen LogP contribution in [0.2, 0.25) is 0 Å². The lowest BCUT2D eigenvalue weighted by molar-refractivity contribution is -0.265. The zero-order valence-electron chi connectivity index (χ0n) is 11.2. The third kappa shape index (κ3) is 6.71. The third-order valence-corrected chi connectivity index (χ3v) is 3.39. The molecule has 1 rings (SSSR count). The van der Waals surface area contributed by atoms with Crippen LogP contribution in [0.5, 0.6) is 0 Å². The van der Waals surface area contributed by atoms with E-state index in [-0.39, 0.29) is 11.9 Å². The second-order valence-electron chi connectivity index (χ2n) is 5.07. The number of hydrogen-bond acceptors (Lipinski definition) is 4. The average Bonchev–Trinajstić information content (AvgIpc) is 2.33. The average molecular weight is 323 g/mol. The fraction of sp³-hybridized carbons (Fsp3) is 0.923. The molecule has 0 aliphatic carbocycles. The molecule has 0 unspecified atom stereocenters. The largest absolute Gasteiger partial charge is 0.465 e. The first-order valence-corrected chi connectivity index (χ1v) is 7.65. The summed E-state index contributed by atoms with van der Waals surface area (Å²) < 4.78 is 16.2. The Labute approximate surface area is 117 Å². The number of unbranched alkanes of at least 4 members (excludes halogenated alkanes) is 2. The Bertz CT molecular complexity index is 245. The zero-order chi connectivity index (χ0) is 13.4. The number of carbonyl (C=O) groups is 1. The van der Waals surface area contributed by atoms with E-state index in [4.69, 9.17) is 14.2 Å². The topological polar surface area (TPSA) is 44.8 Å². The van der Waals surface area contributed by atoms with Gasteiger partial charge >= 0.3 is 5.97 Å². The monoisotopic (exact) mass is 322 g/mol. The van der Waals surface area contributed by atoms with Crippen molar-refractivity contribution in [3.05, 3.63) is 0 Å². The molecule has 0 N–H and O–H groups in total. The molecule has 0 radical (unpaired) electrons. The number of alkyl halides is 1. The first-order chi connectivity index (χ1) is 8.53. The number of hydrogen-bond donors (Lipinski definition) is 0. The minimum atomic E-state index is -0.504. The van der Waals surface area contributed by atoms with Crippen molar-refractivity contribution in [3.8, 4) is 0 Å². The summed E-state index contributed by atoms with van der Waals surface area (Å²) in [5.74, 6) is -0.463. The molecule has 0 spiro atoms. The molecule has 0 aromatic carbocycles. The predicted molar refractivity (Wildman–Crippen MR) is 72.7 cm³/mol. The van der Waals surface area contributed by atoms with Crippen molar-refractivity contribution in [2.45, 2.75) is 45.3 Å². The molecule has 0 atom stereocenters. The second-order valence-corrected chi connectivity index (χ2v) is 5.86. The van der Waals surface area contributed by atoms with E-state index >= 15 is 0 Å². The van der Waals surface area contributed by atoms with Crippen molar-refractivity contribution >= 4 is 21.9 Å². The lowest BCUT2D eigenvalue weighted by atomic mass is 10.1. The summed E-state index contributed by atoms with van der Waals surface area (Å²) in [6.07, 6.45) is 3.57. The maximum Gasteiger partial charge on any atom is 0.305 e. The molecular weight excluding hydrogens is 300 g/mol. The Hall–Kier alpha value is -0.130. The minimum absolute atomic E-state index is 0.116. The van der Waals surface area contributed by atoms with Crippen LogP contribution in [0, 0.1) is 5.92 Å². The Morgan fingerprint density at radius 3 is 2.56 bits per heavy atom. The maximum absolute atomic E-state index is 11.5. The molecular formula is C13H23BrO4. The van der Waals surface area contributed by atoms with Crippen molar-refractivity contribution in [1.82, 2.24) is 0 Å². The number of ether oxygens (including phenoxy) is 3. The van der Waals surface area contributed by atoms with E-state index in [1.54, 1.807) is 0 Å². The number of carbonyl (C=O) groups excluding carboxylic acids is 1. The molecule has 4 nitrogen and oxygen atoms in total. The molecule has 0 bridgehead atoms. The summed E-state index contributed by atoms with van der Waals surface area (Å²) in [6, 6.07) is 0. The van der Waals surface area contributed by atoms with Crippen LogP contribution in [0.3, 0.4) is 0 Å². The van der Waals surface area contributed by atoms with Crippen LogP contribution in [-0.4, -0.2) is 36.9 Å². The lowest BCUT2D eigenvalue weighted by Gasteiger charge is -2.34. The molecule has 5 heteroatoms. The molecule has 18 heavy (non-hydrogen) atoms. The van der Waals surface area contributed by atoms with Gasteiger partial charge in [0.15, 0.2) is 5.79 Å². The van der Waals surface area contributed by atoms with E-state index in [1.807, 2.05) is 13.8 Å².